The second-order valence-corrected chi connectivity index (χ2v) is 4.83. The van der Waals surface area contributed by atoms with Crippen molar-refractivity contribution in [3.63, 3.8) is 0 Å². The zero-order chi connectivity index (χ0) is 13.4. The van der Waals surface area contributed by atoms with Crippen LogP contribution in [-0.4, -0.2) is 7.11 Å². The van der Waals surface area contributed by atoms with Crippen LogP contribution >= 0.6 is 0 Å². The number of benzene rings is 1. The Morgan fingerprint density at radius 2 is 1.47 bits per heavy atom. The summed E-state index contributed by atoms with van der Waals surface area (Å²) in [6.07, 6.45) is 2.64. The van der Waals surface area contributed by atoms with Crippen LogP contribution in [0.1, 0.15) is 63.1 Å². The Balaban J connectivity index is 0.000000557. The van der Waals surface area contributed by atoms with Crippen LogP contribution in [0.3, 0.4) is 0 Å². The molecule has 1 aromatic rings. The molecule has 0 unspecified atom stereocenters. The molecule has 0 aromatic heterocycles. The summed E-state index contributed by atoms with van der Waals surface area (Å²) >= 11 is 0. The molecule has 0 fully saturated rings. The molecule has 0 saturated carbocycles. The van der Waals surface area contributed by atoms with Crippen LogP contribution in [0.2, 0.25) is 0 Å². The highest BCUT2D eigenvalue weighted by Crippen LogP contribution is 2.28. The molecule has 0 amide bonds. The van der Waals surface area contributed by atoms with Crippen LogP contribution in [0, 0.1) is 13.8 Å². The molecule has 0 aliphatic rings. The first-order valence-electron chi connectivity index (χ1n) is 6.62. The number of hydrogen-bond donors (Lipinski definition) is 0. The van der Waals surface area contributed by atoms with Crippen molar-refractivity contribution in [3.05, 3.63) is 28.8 Å². The Morgan fingerprint density at radius 3 is 1.82 bits per heavy atom. The molecule has 0 heterocycles. The van der Waals surface area contributed by atoms with Crippen LogP contribution in [0.25, 0.3) is 0 Å². The summed E-state index contributed by atoms with van der Waals surface area (Å²) in [6, 6.07) is 4.34. The summed E-state index contributed by atoms with van der Waals surface area (Å²) in [7, 11) is 1.73. The lowest BCUT2D eigenvalue weighted by atomic mass is 9.97. The molecule has 0 bridgehead atoms. The van der Waals surface area contributed by atoms with E-state index >= 15 is 0 Å². The van der Waals surface area contributed by atoms with Gasteiger partial charge in [0.25, 0.3) is 0 Å². The molecule has 0 atom stereocenters. The van der Waals surface area contributed by atoms with Gasteiger partial charge in [-0.15, -0.1) is 0 Å². The molecular weight excluding hydrogens is 208 g/mol. The number of ether oxygens (including phenoxy) is 1. The van der Waals surface area contributed by atoms with Gasteiger partial charge in [-0.25, -0.2) is 0 Å². The predicted molar refractivity (Wildman–Crippen MR) is 77.1 cm³/mol. The van der Waals surface area contributed by atoms with E-state index in [1.807, 2.05) is 0 Å². The smallest absolute Gasteiger partial charge is 0.122 e. The Bertz CT molecular complexity index is 325. The summed E-state index contributed by atoms with van der Waals surface area (Å²) in [6.45, 7) is 13.0. The van der Waals surface area contributed by atoms with Gasteiger partial charge in [-0.2, -0.15) is 0 Å². The molecule has 1 rings (SSSR count). The zero-order valence-corrected chi connectivity index (χ0v) is 12.6. The van der Waals surface area contributed by atoms with Crippen LogP contribution in [0.4, 0.5) is 0 Å². The molecule has 1 aromatic carbocycles. The Hall–Kier alpha value is -0.980. The Labute approximate surface area is 107 Å². The second kappa shape index (κ2) is 8.16. The first kappa shape index (κ1) is 16.0. The molecular formula is C16H28O. The third-order valence-corrected chi connectivity index (χ3v) is 2.97. The predicted octanol–water partition coefficient (Wildman–Crippen LogP) is 5.24. The molecule has 98 valence electrons. The molecule has 0 N–H and O–H groups in total. The van der Waals surface area contributed by atoms with Gasteiger partial charge in [0.15, 0.2) is 0 Å². The molecule has 0 saturated heterocycles. The molecule has 1 nitrogen and oxygen atoms in total. The fourth-order valence-corrected chi connectivity index (χ4v) is 1.44. The topological polar surface area (TPSA) is 9.23 Å². The van der Waals surface area contributed by atoms with Crippen molar-refractivity contribution in [3.8, 4) is 5.75 Å². The SMILES string of the molecule is CCCC.COc1cc(C)c(C)cc1C(C)C. The molecule has 1 heteroatoms. The van der Waals surface area contributed by atoms with Gasteiger partial charge in [-0.1, -0.05) is 46.6 Å². The average Bonchev–Trinajstić information content (AvgIpc) is 2.32. The minimum absolute atomic E-state index is 0.522. The van der Waals surface area contributed by atoms with Crippen molar-refractivity contribution >= 4 is 0 Å². The van der Waals surface area contributed by atoms with E-state index < -0.39 is 0 Å². The van der Waals surface area contributed by atoms with Crippen molar-refractivity contribution in [1.29, 1.82) is 0 Å². The fraction of sp³-hybridized carbons (Fsp3) is 0.625. The number of unbranched alkanes of at least 4 members (excludes halogenated alkanes) is 1. The summed E-state index contributed by atoms with van der Waals surface area (Å²) in [5, 5.41) is 0. The number of hydrogen-bond acceptors (Lipinski definition) is 1. The number of aryl methyl sites for hydroxylation is 2. The van der Waals surface area contributed by atoms with Crippen molar-refractivity contribution in [2.24, 2.45) is 0 Å². The maximum absolute atomic E-state index is 5.34. The summed E-state index contributed by atoms with van der Waals surface area (Å²) in [5.41, 5.74) is 3.93. The minimum Gasteiger partial charge on any atom is -0.496 e. The van der Waals surface area contributed by atoms with Gasteiger partial charge in [0.05, 0.1) is 7.11 Å². The molecule has 0 aliphatic heterocycles. The van der Waals surface area contributed by atoms with Gasteiger partial charge in [-0.3, -0.25) is 0 Å². The molecule has 17 heavy (non-hydrogen) atoms. The summed E-state index contributed by atoms with van der Waals surface area (Å²) in [4.78, 5) is 0. The van der Waals surface area contributed by atoms with Crippen LogP contribution < -0.4 is 4.74 Å². The lowest BCUT2D eigenvalue weighted by molar-refractivity contribution is 0.407. The third-order valence-electron chi connectivity index (χ3n) is 2.97. The highest BCUT2D eigenvalue weighted by Gasteiger charge is 2.08. The largest absolute Gasteiger partial charge is 0.496 e. The van der Waals surface area contributed by atoms with E-state index in [2.05, 4.69) is 53.7 Å². The highest BCUT2D eigenvalue weighted by molar-refractivity contribution is 5.43. The maximum atomic E-state index is 5.34. The highest BCUT2D eigenvalue weighted by atomic mass is 16.5. The normalized spacial score (nSPS) is 9.88. The zero-order valence-electron chi connectivity index (χ0n) is 12.6. The van der Waals surface area contributed by atoms with Crippen molar-refractivity contribution in [1.82, 2.24) is 0 Å². The lowest BCUT2D eigenvalue weighted by Crippen LogP contribution is -1.96. The van der Waals surface area contributed by atoms with E-state index in [9.17, 15) is 0 Å². The Kier molecular flexibility index (Phi) is 7.69. The van der Waals surface area contributed by atoms with E-state index in [0.717, 1.165) is 5.75 Å². The van der Waals surface area contributed by atoms with E-state index in [1.54, 1.807) is 7.11 Å². The summed E-state index contributed by atoms with van der Waals surface area (Å²) in [5.74, 6) is 1.53. The van der Waals surface area contributed by atoms with Crippen LogP contribution in [-0.2, 0) is 0 Å². The van der Waals surface area contributed by atoms with Crippen molar-refractivity contribution < 1.29 is 4.74 Å². The fourth-order valence-electron chi connectivity index (χ4n) is 1.44. The van der Waals surface area contributed by atoms with Gasteiger partial charge >= 0.3 is 0 Å². The Morgan fingerprint density at radius 1 is 1.00 bits per heavy atom. The van der Waals surface area contributed by atoms with Gasteiger partial charge in [0.1, 0.15) is 5.75 Å². The van der Waals surface area contributed by atoms with Gasteiger partial charge in [-0.05, 0) is 42.5 Å². The van der Waals surface area contributed by atoms with Crippen molar-refractivity contribution in [2.75, 3.05) is 7.11 Å². The quantitative estimate of drug-likeness (QED) is 0.697. The third kappa shape index (κ3) is 5.25. The lowest BCUT2D eigenvalue weighted by Gasteiger charge is -2.14. The number of rotatable bonds is 3. The maximum Gasteiger partial charge on any atom is 0.122 e. The van der Waals surface area contributed by atoms with E-state index in [4.69, 9.17) is 4.74 Å². The van der Waals surface area contributed by atoms with E-state index in [0.29, 0.717) is 5.92 Å². The summed E-state index contributed by atoms with van der Waals surface area (Å²) < 4.78 is 5.34. The first-order valence-corrected chi connectivity index (χ1v) is 6.62. The average molecular weight is 236 g/mol. The first-order chi connectivity index (χ1) is 7.97. The van der Waals surface area contributed by atoms with Gasteiger partial charge in [0, 0.05) is 0 Å². The van der Waals surface area contributed by atoms with E-state index in [-0.39, 0.29) is 0 Å². The molecule has 0 aliphatic carbocycles. The second-order valence-electron chi connectivity index (χ2n) is 4.83. The molecule has 0 spiro atoms. The standard InChI is InChI=1S/C12H18O.C4H10/c1-8(2)11-6-9(3)10(4)7-12(11)13-5;1-3-4-2/h6-8H,1-5H3;3-4H2,1-2H3. The van der Waals surface area contributed by atoms with Crippen LogP contribution in [0.15, 0.2) is 12.1 Å². The van der Waals surface area contributed by atoms with E-state index in [1.165, 1.54) is 29.5 Å². The monoisotopic (exact) mass is 236 g/mol. The van der Waals surface area contributed by atoms with Gasteiger partial charge < -0.3 is 4.74 Å². The minimum atomic E-state index is 0.522. The van der Waals surface area contributed by atoms with Gasteiger partial charge in [0.2, 0.25) is 0 Å². The molecule has 0 radical (unpaired) electrons. The van der Waals surface area contributed by atoms with Crippen LogP contribution in [0.5, 0.6) is 5.75 Å². The van der Waals surface area contributed by atoms with Crippen molar-refractivity contribution in [2.45, 2.75) is 60.3 Å². The number of methoxy groups -OCH3 is 1.